The minimum atomic E-state index is 0.418. The SMILES string of the molecule is CCCC(=O)CN(CC)C1CCCC1. The molecule has 0 spiro atoms. The number of rotatable bonds is 6. The van der Waals surface area contributed by atoms with E-state index in [1.165, 1.54) is 25.7 Å². The van der Waals surface area contributed by atoms with Gasteiger partial charge in [-0.1, -0.05) is 26.7 Å². The van der Waals surface area contributed by atoms with Gasteiger partial charge in [-0.3, -0.25) is 9.69 Å². The van der Waals surface area contributed by atoms with Crippen LogP contribution in [0.3, 0.4) is 0 Å². The van der Waals surface area contributed by atoms with Crippen LogP contribution in [0.4, 0.5) is 0 Å². The zero-order valence-electron chi connectivity index (χ0n) is 9.59. The number of ketones is 1. The molecule has 0 unspecified atom stereocenters. The van der Waals surface area contributed by atoms with Crippen LogP contribution >= 0.6 is 0 Å². The Balaban J connectivity index is 2.33. The lowest BCUT2D eigenvalue weighted by Gasteiger charge is -2.26. The summed E-state index contributed by atoms with van der Waals surface area (Å²) in [6.45, 7) is 5.95. The average molecular weight is 197 g/mol. The van der Waals surface area contributed by atoms with Crippen LogP contribution in [0.15, 0.2) is 0 Å². The summed E-state index contributed by atoms with van der Waals surface area (Å²) in [4.78, 5) is 13.9. The number of hydrogen-bond donors (Lipinski definition) is 0. The summed E-state index contributed by atoms with van der Waals surface area (Å²) >= 11 is 0. The van der Waals surface area contributed by atoms with E-state index in [2.05, 4.69) is 18.7 Å². The molecule has 0 heterocycles. The monoisotopic (exact) mass is 197 g/mol. The van der Waals surface area contributed by atoms with Gasteiger partial charge in [-0.05, 0) is 25.8 Å². The van der Waals surface area contributed by atoms with Gasteiger partial charge in [0.2, 0.25) is 0 Å². The second-order valence-electron chi connectivity index (χ2n) is 4.29. The van der Waals surface area contributed by atoms with Crippen molar-refractivity contribution >= 4 is 5.78 Å². The van der Waals surface area contributed by atoms with Crippen LogP contribution in [0, 0.1) is 0 Å². The van der Waals surface area contributed by atoms with E-state index < -0.39 is 0 Å². The average Bonchev–Trinajstić information content (AvgIpc) is 2.67. The van der Waals surface area contributed by atoms with Crippen LogP contribution in [0.25, 0.3) is 0 Å². The van der Waals surface area contributed by atoms with Gasteiger partial charge in [0.05, 0.1) is 6.54 Å². The molecule has 0 N–H and O–H groups in total. The van der Waals surface area contributed by atoms with Crippen LogP contribution in [-0.4, -0.2) is 29.8 Å². The summed E-state index contributed by atoms with van der Waals surface area (Å²) in [6.07, 6.45) is 7.04. The molecule has 1 rings (SSSR count). The molecule has 0 aromatic rings. The van der Waals surface area contributed by atoms with Gasteiger partial charge < -0.3 is 0 Å². The normalized spacial score (nSPS) is 17.9. The lowest BCUT2D eigenvalue weighted by molar-refractivity contribution is -0.120. The lowest BCUT2D eigenvalue weighted by atomic mass is 10.1. The molecule has 1 fully saturated rings. The van der Waals surface area contributed by atoms with E-state index in [0.29, 0.717) is 18.4 Å². The minimum absolute atomic E-state index is 0.418. The molecule has 14 heavy (non-hydrogen) atoms. The van der Waals surface area contributed by atoms with Crippen LogP contribution in [0.2, 0.25) is 0 Å². The van der Waals surface area contributed by atoms with Gasteiger partial charge in [-0.15, -0.1) is 0 Å². The number of likely N-dealkylation sites (N-methyl/N-ethyl adjacent to an activating group) is 1. The highest BCUT2D eigenvalue weighted by molar-refractivity contribution is 5.80. The first-order valence-electron chi connectivity index (χ1n) is 6.03. The Kier molecular flexibility index (Phi) is 5.16. The molecule has 0 amide bonds. The van der Waals surface area contributed by atoms with E-state index in [-0.39, 0.29) is 0 Å². The molecule has 0 bridgehead atoms. The van der Waals surface area contributed by atoms with Crippen molar-refractivity contribution in [2.45, 2.75) is 58.4 Å². The summed E-state index contributed by atoms with van der Waals surface area (Å²) in [5.41, 5.74) is 0. The van der Waals surface area contributed by atoms with Crippen LogP contribution in [0.5, 0.6) is 0 Å². The first kappa shape index (κ1) is 11.7. The zero-order valence-corrected chi connectivity index (χ0v) is 9.59. The van der Waals surface area contributed by atoms with Gasteiger partial charge in [0, 0.05) is 12.5 Å². The quantitative estimate of drug-likeness (QED) is 0.652. The number of Topliss-reactive ketones (excluding diaryl/α,β-unsaturated/α-hetero) is 1. The third-order valence-corrected chi connectivity index (χ3v) is 3.16. The number of carbonyl (C=O) groups excluding carboxylic acids is 1. The molecule has 1 saturated carbocycles. The second kappa shape index (κ2) is 6.18. The van der Waals surface area contributed by atoms with E-state index in [1.54, 1.807) is 0 Å². The molecule has 2 heteroatoms. The van der Waals surface area contributed by atoms with Crippen molar-refractivity contribution in [3.8, 4) is 0 Å². The Bertz CT molecular complexity index is 173. The van der Waals surface area contributed by atoms with Crippen molar-refractivity contribution in [3.05, 3.63) is 0 Å². The van der Waals surface area contributed by atoms with Crippen molar-refractivity contribution in [1.82, 2.24) is 4.90 Å². The highest BCUT2D eigenvalue weighted by Gasteiger charge is 2.22. The second-order valence-corrected chi connectivity index (χ2v) is 4.29. The molecule has 1 aliphatic carbocycles. The summed E-state index contributed by atoms with van der Waals surface area (Å²) < 4.78 is 0. The largest absolute Gasteiger partial charge is 0.298 e. The zero-order chi connectivity index (χ0) is 10.4. The third-order valence-electron chi connectivity index (χ3n) is 3.16. The van der Waals surface area contributed by atoms with E-state index in [0.717, 1.165) is 19.4 Å². The maximum absolute atomic E-state index is 11.5. The van der Waals surface area contributed by atoms with Crippen molar-refractivity contribution in [2.24, 2.45) is 0 Å². The predicted molar refractivity (Wildman–Crippen MR) is 59.4 cm³/mol. The van der Waals surface area contributed by atoms with Crippen LogP contribution < -0.4 is 0 Å². The molecular weight excluding hydrogens is 174 g/mol. The first-order chi connectivity index (χ1) is 6.77. The summed E-state index contributed by atoms with van der Waals surface area (Å²) in [6, 6.07) is 0.695. The molecule has 82 valence electrons. The van der Waals surface area contributed by atoms with E-state index >= 15 is 0 Å². The van der Waals surface area contributed by atoms with E-state index in [1.807, 2.05) is 0 Å². The fourth-order valence-corrected chi connectivity index (χ4v) is 2.35. The Morgan fingerprint density at radius 3 is 2.43 bits per heavy atom. The molecule has 0 aliphatic heterocycles. The van der Waals surface area contributed by atoms with Gasteiger partial charge in [0.25, 0.3) is 0 Å². The molecule has 2 nitrogen and oxygen atoms in total. The fourth-order valence-electron chi connectivity index (χ4n) is 2.35. The Hall–Kier alpha value is -0.370. The lowest BCUT2D eigenvalue weighted by Crippen LogP contribution is -2.37. The predicted octanol–water partition coefficient (Wildman–Crippen LogP) is 2.62. The fraction of sp³-hybridized carbons (Fsp3) is 0.917. The van der Waals surface area contributed by atoms with Gasteiger partial charge in [-0.2, -0.15) is 0 Å². The molecule has 1 aliphatic rings. The number of hydrogen-bond acceptors (Lipinski definition) is 2. The molecule has 0 atom stereocenters. The van der Waals surface area contributed by atoms with Crippen molar-refractivity contribution in [1.29, 1.82) is 0 Å². The Morgan fingerprint density at radius 2 is 1.93 bits per heavy atom. The Labute approximate surface area is 87.7 Å². The first-order valence-corrected chi connectivity index (χ1v) is 6.03. The van der Waals surface area contributed by atoms with Gasteiger partial charge in [0.15, 0.2) is 0 Å². The van der Waals surface area contributed by atoms with E-state index in [4.69, 9.17) is 0 Å². The maximum Gasteiger partial charge on any atom is 0.146 e. The topological polar surface area (TPSA) is 20.3 Å². The smallest absolute Gasteiger partial charge is 0.146 e. The molecule has 0 radical (unpaired) electrons. The van der Waals surface area contributed by atoms with Gasteiger partial charge >= 0.3 is 0 Å². The summed E-state index contributed by atoms with van der Waals surface area (Å²) in [7, 11) is 0. The third kappa shape index (κ3) is 3.41. The highest BCUT2D eigenvalue weighted by atomic mass is 16.1. The molecule has 0 aromatic heterocycles. The number of nitrogens with zero attached hydrogens (tertiary/aromatic N) is 1. The van der Waals surface area contributed by atoms with Gasteiger partial charge in [-0.25, -0.2) is 0 Å². The standard InChI is InChI=1S/C12H23NO/c1-3-7-12(14)10-13(4-2)11-8-5-6-9-11/h11H,3-10H2,1-2H3. The maximum atomic E-state index is 11.5. The van der Waals surface area contributed by atoms with Crippen LogP contribution in [0.1, 0.15) is 52.4 Å². The van der Waals surface area contributed by atoms with Crippen molar-refractivity contribution < 1.29 is 4.79 Å². The van der Waals surface area contributed by atoms with Crippen LogP contribution in [-0.2, 0) is 4.79 Å². The highest BCUT2D eigenvalue weighted by Crippen LogP contribution is 2.23. The van der Waals surface area contributed by atoms with Crippen molar-refractivity contribution in [2.75, 3.05) is 13.1 Å². The minimum Gasteiger partial charge on any atom is -0.298 e. The van der Waals surface area contributed by atoms with E-state index in [9.17, 15) is 4.79 Å². The Morgan fingerprint density at radius 1 is 1.29 bits per heavy atom. The van der Waals surface area contributed by atoms with Crippen molar-refractivity contribution in [3.63, 3.8) is 0 Å². The summed E-state index contributed by atoms with van der Waals surface area (Å²) in [5, 5.41) is 0. The number of carbonyl (C=O) groups is 1. The molecular formula is C12H23NO. The summed E-state index contributed by atoms with van der Waals surface area (Å²) in [5.74, 6) is 0.418. The molecule has 0 aromatic carbocycles. The van der Waals surface area contributed by atoms with Gasteiger partial charge in [0.1, 0.15) is 5.78 Å². The molecule has 0 saturated heterocycles.